The molecule has 0 aliphatic carbocycles. The summed E-state index contributed by atoms with van der Waals surface area (Å²) in [5.41, 5.74) is 1.09. The summed E-state index contributed by atoms with van der Waals surface area (Å²) in [4.78, 5) is 17.0. The first-order chi connectivity index (χ1) is 10.7. The van der Waals surface area contributed by atoms with E-state index in [2.05, 4.69) is 32.5 Å². The van der Waals surface area contributed by atoms with Crippen molar-refractivity contribution in [1.29, 1.82) is 0 Å². The second-order valence-electron chi connectivity index (χ2n) is 5.85. The van der Waals surface area contributed by atoms with Crippen LogP contribution in [0, 0.1) is 0 Å². The number of amides is 1. The van der Waals surface area contributed by atoms with E-state index in [-0.39, 0.29) is 5.91 Å². The average molecular weight is 401 g/mol. The van der Waals surface area contributed by atoms with Gasteiger partial charge in [0.15, 0.2) is 0 Å². The monoisotopic (exact) mass is 400 g/mol. The molecular formula is C16H21BrN2OS2. The molecule has 3 rings (SSSR count). The van der Waals surface area contributed by atoms with Crippen LogP contribution in [0.1, 0.15) is 18.4 Å². The Labute approximate surface area is 148 Å². The molecule has 2 fully saturated rings. The number of thioether (sulfide) groups is 1. The number of likely N-dealkylation sites (tertiary alicyclic amines) is 2. The SMILES string of the molecule is CSC1CN(C(=O)C=Cc2csc(Br)c2)CC1N1CCCC1. The number of thiophene rings is 1. The summed E-state index contributed by atoms with van der Waals surface area (Å²) in [6.45, 7) is 4.14. The maximum Gasteiger partial charge on any atom is 0.246 e. The van der Waals surface area contributed by atoms with Gasteiger partial charge in [0.05, 0.1) is 3.79 Å². The molecule has 22 heavy (non-hydrogen) atoms. The summed E-state index contributed by atoms with van der Waals surface area (Å²) < 4.78 is 1.09. The minimum absolute atomic E-state index is 0.142. The van der Waals surface area contributed by atoms with Crippen molar-refractivity contribution in [2.24, 2.45) is 0 Å². The van der Waals surface area contributed by atoms with E-state index >= 15 is 0 Å². The van der Waals surface area contributed by atoms with Gasteiger partial charge in [0.2, 0.25) is 5.91 Å². The van der Waals surface area contributed by atoms with Crippen LogP contribution in [-0.2, 0) is 4.79 Å². The van der Waals surface area contributed by atoms with Gasteiger partial charge in [-0.1, -0.05) is 0 Å². The molecule has 0 radical (unpaired) electrons. The first-order valence-corrected chi connectivity index (χ1v) is 10.6. The van der Waals surface area contributed by atoms with Gasteiger partial charge in [0.1, 0.15) is 0 Å². The van der Waals surface area contributed by atoms with Crippen LogP contribution < -0.4 is 0 Å². The number of carbonyl (C=O) groups excluding carboxylic acids is 1. The second-order valence-corrected chi connectivity index (χ2v) is 9.21. The molecule has 3 heterocycles. The van der Waals surface area contributed by atoms with Crippen molar-refractivity contribution in [3.63, 3.8) is 0 Å². The van der Waals surface area contributed by atoms with Crippen LogP contribution >= 0.6 is 39.0 Å². The molecule has 1 amide bonds. The highest BCUT2D eigenvalue weighted by atomic mass is 79.9. The summed E-state index contributed by atoms with van der Waals surface area (Å²) in [6.07, 6.45) is 8.41. The molecule has 0 N–H and O–H groups in total. The summed E-state index contributed by atoms with van der Waals surface area (Å²) in [6, 6.07) is 2.57. The molecule has 0 aromatic carbocycles. The first-order valence-electron chi connectivity index (χ1n) is 7.65. The Hall–Kier alpha value is -0.300. The third-order valence-corrected chi connectivity index (χ3v) is 7.06. The zero-order valence-electron chi connectivity index (χ0n) is 12.7. The van der Waals surface area contributed by atoms with Gasteiger partial charge in [-0.15, -0.1) is 11.3 Å². The van der Waals surface area contributed by atoms with E-state index in [1.165, 1.54) is 25.9 Å². The van der Waals surface area contributed by atoms with Crippen LogP contribution in [0.4, 0.5) is 0 Å². The van der Waals surface area contributed by atoms with Crippen LogP contribution in [0.25, 0.3) is 6.08 Å². The van der Waals surface area contributed by atoms with Crippen LogP contribution in [0.15, 0.2) is 21.3 Å². The van der Waals surface area contributed by atoms with E-state index in [0.717, 1.165) is 22.4 Å². The van der Waals surface area contributed by atoms with Crippen molar-refractivity contribution in [2.75, 3.05) is 32.4 Å². The Bertz CT molecular complexity index is 554. The van der Waals surface area contributed by atoms with Crippen LogP contribution in [0.2, 0.25) is 0 Å². The zero-order valence-corrected chi connectivity index (χ0v) is 15.9. The smallest absolute Gasteiger partial charge is 0.246 e. The standard InChI is InChI=1S/C16H21BrN2OS2/c1-21-14-10-19(9-13(14)18-6-2-3-7-18)16(20)5-4-12-8-15(17)22-11-12/h4-5,8,11,13-14H,2-3,6-7,9-10H2,1H3. The largest absolute Gasteiger partial charge is 0.336 e. The van der Waals surface area contributed by atoms with E-state index in [1.54, 1.807) is 17.4 Å². The van der Waals surface area contributed by atoms with Crippen molar-refractivity contribution in [1.82, 2.24) is 9.80 Å². The summed E-state index contributed by atoms with van der Waals surface area (Å²) >= 11 is 6.99. The molecule has 0 spiro atoms. The average Bonchev–Trinajstić information content (AvgIpc) is 3.24. The lowest BCUT2D eigenvalue weighted by Crippen LogP contribution is -2.40. The first kappa shape index (κ1) is 16.6. The lowest BCUT2D eigenvalue weighted by Gasteiger charge is -2.26. The van der Waals surface area contributed by atoms with Gasteiger partial charge in [0.25, 0.3) is 0 Å². The Morgan fingerprint density at radius 2 is 2.18 bits per heavy atom. The lowest BCUT2D eigenvalue weighted by atomic mass is 10.2. The predicted octanol–water partition coefficient (Wildman–Crippen LogP) is 3.56. The van der Waals surface area contributed by atoms with Gasteiger partial charge in [0, 0.05) is 30.5 Å². The van der Waals surface area contributed by atoms with Gasteiger partial charge in [-0.25, -0.2) is 0 Å². The number of carbonyl (C=O) groups is 1. The molecule has 2 aliphatic rings. The minimum atomic E-state index is 0.142. The predicted molar refractivity (Wildman–Crippen MR) is 99.5 cm³/mol. The summed E-state index contributed by atoms with van der Waals surface area (Å²) in [5, 5.41) is 2.60. The zero-order chi connectivity index (χ0) is 15.5. The number of halogens is 1. The number of nitrogens with zero attached hydrogens (tertiary/aromatic N) is 2. The van der Waals surface area contributed by atoms with Crippen molar-refractivity contribution in [3.8, 4) is 0 Å². The number of rotatable bonds is 4. The van der Waals surface area contributed by atoms with Crippen LogP contribution in [0.5, 0.6) is 0 Å². The molecule has 0 bridgehead atoms. The fourth-order valence-electron chi connectivity index (χ4n) is 3.28. The maximum atomic E-state index is 12.5. The second kappa shape index (κ2) is 7.51. The van der Waals surface area contributed by atoms with Crippen LogP contribution in [-0.4, -0.2) is 59.4 Å². The lowest BCUT2D eigenvalue weighted by molar-refractivity contribution is -0.125. The molecule has 0 saturated carbocycles. The summed E-state index contributed by atoms with van der Waals surface area (Å²) in [7, 11) is 0. The van der Waals surface area contributed by atoms with Gasteiger partial charge < -0.3 is 4.90 Å². The highest BCUT2D eigenvalue weighted by Crippen LogP contribution is 2.28. The molecule has 1 aromatic heterocycles. The van der Waals surface area contributed by atoms with Crippen LogP contribution in [0.3, 0.4) is 0 Å². The third-order valence-electron chi connectivity index (χ3n) is 4.47. The van der Waals surface area contributed by atoms with Gasteiger partial charge in [-0.3, -0.25) is 9.69 Å². The Balaban J connectivity index is 1.62. The molecule has 120 valence electrons. The molecule has 2 atom stereocenters. The van der Waals surface area contributed by atoms with Gasteiger partial charge in [-0.2, -0.15) is 11.8 Å². The molecule has 2 saturated heterocycles. The van der Waals surface area contributed by atoms with Gasteiger partial charge >= 0.3 is 0 Å². The van der Waals surface area contributed by atoms with E-state index in [4.69, 9.17) is 0 Å². The molecule has 2 aliphatic heterocycles. The molecule has 3 nitrogen and oxygen atoms in total. The Kier molecular flexibility index (Phi) is 5.65. The normalized spacial score (nSPS) is 26.4. The van der Waals surface area contributed by atoms with E-state index < -0.39 is 0 Å². The highest BCUT2D eigenvalue weighted by Gasteiger charge is 2.38. The molecule has 2 unspecified atom stereocenters. The number of hydrogen-bond acceptors (Lipinski definition) is 4. The molecular weight excluding hydrogens is 380 g/mol. The Morgan fingerprint density at radius 3 is 2.82 bits per heavy atom. The quantitative estimate of drug-likeness (QED) is 0.721. The third kappa shape index (κ3) is 3.78. The van der Waals surface area contributed by atoms with Crippen molar-refractivity contribution in [3.05, 3.63) is 26.9 Å². The molecule has 6 heteroatoms. The van der Waals surface area contributed by atoms with E-state index in [1.807, 2.05) is 28.8 Å². The van der Waals surface area contributed by atoms with Crippen molar-refractivity contribution < 1.29 is 4.79 Å². The van der Waals surface area contributed by atoms with Crippen molar-refractivity contribution in [2.45, 2.75) is 24.1 Å². The molecule has 1 aromatic rings. The van der Waals surface area contributed by atoms with Gasteiger partial charge in [-0.05, 0) is 71.2 Å². The van der Waals surface area contributed by atoms with E-state index in [0.29, 0.717) is 11.3 Å². The topological polar surface area (TPSA) is 23.6 Å². The minimum Gasteiger partial charge on any atom is -0.336 e. The van der Waals surface area contributed by atoms with E-state index in [9.17, 15) is 4.79 Å². The fourth-order valence-corrected chi connectivity index (χ4v) is 5.32. The Morgan fingerprint density at radius 1 is 1.41 bits per heavy atom. The maximum absolute atomic E-state index is 12.5. The van der Waals surface area contributed by atoms with Crippen molar-refractivity contribution >= 4 is 51.0 Å². The number of hydrogen-bond donors (Lipinski definition) is 0. The fraction of sp³-hybridized carbons (Fsp3) is 0.562. The summed E-state index contributed by atoms with van der Waals surface area (Å²) in [5.74, 6) is 0.142. The highest BCUT2D eigenvalue weighted by molar-refractivity contribution is 9.11.